The fourth-order valence-corrected chi connectivity index (χ4v) is 7.04. The molecule has 2 aliphatic rings. The molecule has 43 heavy (non-hydrogen) atoms. The van der Waals surface area contributed by atoms with Gasteiger partial charge in [0.1, 0.15) is 5.60 Å². The number of methoxy groups -OCH3 is 1. The van der Waals surface area contributed by atoms with Gasteiger partial charge in [-0.25, -0.2) is 14.5 Å². The first-order valence-corrected chi connectivity index (χ1v) is 14.5. The number of hydrogen-bond donors (Lipinski definition) is 2. The van der Waals surface area contributed by atoms with E-state index in [1.807, 2.05) is 25.7 Å². The van der Waals surface area contributed by atoms with E-state index in [1.54, 1.807) is 25.2 Å². The average molecular weight is 625 g/mol. The van der Waals surface area contributed by atoms with Crippen molar-refractivity contribution in [2.45, 2.75) is 58.0 Å². The lowest BCUT2D eigenvalue weighted by Gasteiger charge is -2.57. The molecule has 14 heteroatoms. The summed E-state index contributed by atoms with van der Waals surface area (Å²) in [5.74, 6) is -1.59. The molecule has 0 bridgehead atoms. The van der Waals surface area contributed by atoms with Crippen molar-refractivity contribution in [1.29, 1.82) is 0 Å². The number of hydrogen-bond acceptors (Lipinski definition) is 7. The molecule has 1 aromatic carbocycles. The molecule has 0 saturated carbocycles. The van der Waals surface area contributed by atoms with Crippen molar-refractivity contribution in [1.82, 2.24) is 29.8 Å². The van der Waals surface area contributed by atoms with Crippen molar-refractivity contribution in [3.8, 4) is 5.88 Å². The van der Waals surface area contributed by atoms with Crippen molar-refractivity contribution in [2.75, 3.05) is 26.7 Å². The van der Waals surface area contributed by atoms with Crippen LogP contribution in [0.15, 0.2) is 24.4 Å². The second-order valence-corrected chi connectivity index (χ2v) is 13.0. The number of aryl methyl sites for hydroxylation is 1. The summed E-state index contributed by atoms with van der Waals surface area (Å²) in [6.45, 7) is 6.63. The maximum Gasteiger partial charge on any atom is 0.407 e. The van der Waals surface area contributed by atoms with Gasteiger partial charge >= 0.3 is 12.3 Å². The standard InChI is InChI=1S/C29H36ClF3N6O4/c1-27(2,3)24-20(15-39(24)26(40)41)28(42,22-13-34-36-37(22)4)17-6-7-21-18(12-17)23(30)19(25(35-21)43-5)14-38-10-8-16(9-11-38)29(31,32)33/h6-7,12-13,16,20,24,42H,8-11,14-15H2,1-5H3,(H,40,41). The molecule has 2 saturated heterocycles. The zero-order valence-electron chi connectivity index (χ0n) is 24.7. The van der Waals surface area contributed by atoms with E-state index in [1.165, 1.54) is 22.9 Å². The molecule has 10 nitrogen and oxygen atoms in total. The first kappa shape index (κ1) is 31.3. The van der Waals surface area contributed by atoms with E-state index in [-0.39, 0.29) is 44.9 Å². The van der Waals surface area contributed by atoms with Crippen LogP contribution < -0.4 is 4.74 Å². The number of amides is 1. The summed E-state index contributed by atoms with van der Waals surface area (Å²) < 4.78 is 46.7. The van der Waals surface area contributed by atoms with Crippen LogP contribution in [-0.4, -0.2) is 85.0 Å². The van der Waals surface area contributed by atoms with Gasteiger partial charge in [0.15, 0.2) is 0 Å². The van der Waals surface area contributed by atoms with Gasteiger partial charge in [-0.15, -0.1) is 5.10 Å². The molecule has 3 aromatic rings. The summed E-state index contributed by atoms with van der Waals surface area (Å²) >= 11 is 6.99. The first-order valence-electron chi connectivity index (χ1n) is 14.1. The van der Waals surface area contributed by atoms with Crippen molar-refractivity contribution in [3.63, 3.8) is 0 Å². The number of carboxylic acid groups (broad SMARTS) is 1. The van der Waals surface area contributed by atoms with Crippen LogP contribution in [0.5, 0.6) is 5.88 Å². The number of aromatic nitrogens is 4. The third-order valence-electron chi connectivity index (χ3n) is 8.93. The highest BCUT2D eigenvalue weighted by Gasteiger charge is 2.59. The SMILES string of the molecule is COc1nc2ccc(C(O)(c3cnnn3C)C3CN(C(=O)O)C3C(C)(C)C)cc2c(Cl)c1CN1CCC(C(F)(F)F)CC1. The molecule has 1 amide bonds. The second-order valence-electron chi connectivity index (χ2n) is 12.6. The maximum absolute atomic E-state index is 13.2. The molecule has 4 heterocycles. The lowest BCUT2D eigenvalue weighted by molar-refractivity contribution is -0.185. The molecule has 5 rings (SSSR count). The highest BCUT2D eigenvalue weighted by Crippen LogP contribution is 2.50. The predicted octanol–water partition coefficient (Wildman–Crippen LogP) is 5.06. The van der Waals surface area contributed by atoms with Crippen molar-refractivity contribution in [3.05, 3.63) is 46.2 Å². The number of likely N-dealkylation sites (tertiary alicyclic amines) is 2. The summed E-state index contributed by atoms with van der Waals surface area (Å²) in [5.41, 5.74) is -0.305. The van der Waals surface area contributed by atoms with E-state index in [2.05, 4.69) is 15.3 Å². The normalized spacial score (nSPS) is 22.0. The number of benzene rings is 1. The van der Waals surface area contributed by atoms with E-state index in [9.17, 15) is 28.2 Å². The Morgan fingerprint density at radius 3 is 2.40 bits per heavy atom. The van der Waals surface area contributed by atoms with Crippen LogP contribution in [0.4, 0.5) is 18.0 Å². The Labute approximate surface area is 252 Å². The second kappa shape index (κ2) is 11.1. The number of nitrogens with zero attached hydrogens (tertiary/aromatic N) is 6. The quantitative estimate of drug-likeness (QED) is 0.391. The van der Waals surface area contributed by atoms with Crippen molar-refractivity contribution < 1.29 is 32.9 Å². The molecule has 2 N–H and O–H groups in total. The molecule has 2 aromatic heterocycles. The zero-order chi connectivity index (χ0) is 31.5. The van der Waals surface area contributed by atoms with Crippen LogP contribution in [0.3, 0.4) is 0 Å². The van der Waals surface area contributed by atoms with Gasteiger partial charge < -0.3 is 19.8 Å². The summed E-state index contributed by atoms with van der Waals surface area (Å²) in [4.78, 5) is 19.9. The van der Waals surface area contributed by atoms with Crippen LogP contribution in [0.25, 0.3) is 10.9 Å². The van der Waals surface area contributed by atoms with Crippen LogP contribution in [0, 0.1) is 17.3 Å². The smallest absolute Gasteiger partial charge is 0.407 e. The van der Waals surface area contributed by atoms with Gasteiger partial charge in [0.05, 0.1) is 35.5 Å². The number of rotatable bonds is 6. The molecule has 2 aliphatic heterocycles. The number of aliphatic hydroxyl groups is 1. The minimum atomic E-state index is -4.21. The Morgan fingerprint density at radius 2 is 1.86 bits per heavy atom. The maximum atomic E-state index is 13.2. The minimum absolute atomic E-state index is 0.00402. The summed E-state index contributed by atoms with van der Waals surface area (Å²) in [6.07, 6.45) is -3.80. The molecule has 3 atom stereocenters. The molecule has 0 spiro atoms. The molecule has 2 fully saturated rings. The third kappa shape index (κ3) is 5.51. The summed E-state index contributed by atoms with van der Waals surface area (Å²) in [5, 5.41) is 31.4. The molecular weight excluding hydrogens is 589 g/mol. The van der Waals surface area contributed by atoms with Crippen LogP contribution in [0.1, 0.15) is 50.4 Å². The highest BCUT2D eigenvalue weighted by molar-refractivity contribution is 6.36. The number of alkyl halides is 3. The van der Waals surface area contributed by atoms with E-state index in [0.717, 1.165) is 0 Å². The number of carbonyl (C=O) groups is 1. The lowest BCUT2D eigenvalue weighted by Crippen LogP contribution is -2.69. The average Bonchev–Trinajstić information content (AvgIpc) is 3.34. The van der Waals surface area contributed by atoms with E-state index in [4.69, 9.17) is 16.3 Å². The van der Waals surface area contributed by atoms with Gasteiger partial charge in [0.2, 0.25) is 5.88 Å². The summed E-state index contributed by atoms with van der Waals surface area (Å²) in [7, 11) is 3.12. The van der Waals surface area contributed by atoms with Crippen molar-refractivity contribution >= 4 is 28.6 Å². The largest absolute Gasteiger partial charge is 0.481 e. The fraction of sp³-hybridized carbons (Fsp3) is 0.586. The van der Waals surface area contributed by atoms with E-state index in [0.29, 0.717) is 32.7 Å². The lowest BCUT2D eigenvalue weighted by atomic mass is 9.63. The Morgan fingerprint density at radius 1 is 1.19 bits per heavy atom. The van der Waals surface area contributed by atoms with Gasteiger partial charge in [-0.05, 0) is 49.0 Å². The zero-order valence-corrected chi connectivity index (χ0v) is 25.4. The number of halogens is 4. The van der Waals surface area contributed by atoms with E-state index >= 15 is 0 Å². The Bertz CT molecular complexity index is 1520. The predicted molar refractivity (Wildman–Crippen MR) is 153 cm³/mol. The molecule has 3 unspecified atom stereocenters. The first-order chi connectivity index (χ1) is 20.1. The topological polar surface area (TPSA) is 117 Å². The van der Waals surface area contributed by atoms with Crippen molar-refractivity contribution in [2.24, 2.45) is 24.3 Å². The highest BCUT2D eigenvalue weighted by atomic mass is 35.5. The van der Waals surface area contributed by atoms with Crippen LogP contribution >= 0.6 is 11.6 Å². The third-order valence-corrected chi connectivity index (χ3v) is 9.36. The van der Waals surface area contributed by atoms with Crippen LogP contribution in [-0.2, 0) is 19.2 Å². The fourth-order valence-electron chi connectivity index (χ4n) is 6.75. The van der Waals surface area contributed by atoms with Gasteiger partial charge in [0, 0.05) is 43.0 Å². The Hall–Kier alpha value is -3.16. The number of fused-ring (bicyclic) bond motifs is 1. The molecule has 0 aliphatic carbocycles. The van der Waals surface area contributed by atoms with Gasteiger partial charge in [-0.1, -0.05) is 43.7 Å². The Kier molecular flexibility index (Phi) is 8.06. The molecule has 0 radical (unpaired) electrons. The summed E-state index contributed by atoms with van der Waals surface area (Å²) in [6, 6.07) is 4.65. The van der Waals surface area contributed by atoms with Gasteiger partial charge in [-0.3, -0.25) is 4.90 Å². The van der Waals surface area contributed by atoms with E-state index < -0.39 is 41.2 Å². The molecular formula is C29H36ClF3N6O4. The Balaban J connectivity index is 1.58. The minimum Gasteiger partial charge on any atom is -0.481 e. The van der Waals surface area contributed by atoms with Gasteiger partial charge in [0.25, 0.3) is 0 Å². The molecule has 234 valence electrons. The monoisotopic (exact) mass is 624 g/mol. The van der Waals surface area contributed by atoms with Crippen LogP contribution in [0.2, 0.25) is 5.02 Å². The number of pyridine rings is 1. The van der Waals surface area contributed by atoms with Gasteiger partial charge in [-0.2, -0.15) is 13.2 Å². The number of ether oxygens (including phenoxy) is 1. The number of piperidine rings is 1.